The van der Waals surface area contributed by atoms with Gasteiger partial charge in [0.25, 0.3) is 5.91 Å². The van der Waals surface area contributed by atoms with Crippen LogP contribution in [0.4, 0.5) is 26.3 Å². The summed E-state index contributed by atoms with van der Waals surface area (Å²) in [4.78, 5) is 29.5. The molecule has 3 N–H and O–H groups in total. The number of hydroxylamine groups is 1. The zero-order valence-corrected chi connectivity index (χ0v) is 21.6. The maximum Gasteiger partial charge on any atom is 0.428 e. The number of rotatable bonds is 6. The molecule has 0 spiro atoms. The molecule has 0 saturated carbocycles. The molecular weight excluding hydrogens is 596 g/mol. The zero-order chi connectivity index (χ0) is 28.6. The van der Waals surface area contributed by atoms with Crippen LogP contribution in [0.1, 0.15) is 34.0 Å². The quantitative estimate of drug-likeness (QED) is 0.305. The summed E-state index contributed by atoms with van der Waals surface area (Å²) in [6, 6.07) is 11.1. The minimum absolute atomic E-state index is 0.161. The van der Waals surface area contributed by atoms with Crippen LogP contribution in [0.2, 0.25) is 0 Å². The van der Waals surface area contributed by atoms with Crippen molar-refractivity contribution in [2.75, 3.05) is 13.1 Å². The molecule has 1 unspecified atom stereocenters. The number of fused-ring (bicyclic) bond motifs is 1. The van der Waals surface area contributed by atoms with Gasteiger partial charge in [0.05, 0.1) is 17.8 Å². The van der Waals surface area contributed by atoms with E-state index in [1.54, 1.807) is 31.2 Å². The number of carbonyl (C=O) groups excluding carboxylic acids is 2. The summed E-state index contributed by atoms with van der Waals surface area (Å²) in [7, 11) is 0. The van der Waals surface area contributed by atoms with Gasteiger partial charge in [0.2, 0.25) is 11.5 Å². The second-order valence-electron chi connectivity index (χ2n) is 8.56. The van der Waals surface area contributed by atoms with Crippen molar-refractivity contribution in [3.8, 4) is 0 Å². The number of carbonyl (C=O) groups is 2. The molecule has 206 valence electrons. The Kier molecular flexibility index (Phi) is 7.68. The van der Waals surface area contributed by atoms with Crippen LogP contribution in [0.15, 0.2) is 65.1 Å². The van der Waals surface area contributed by atoms with Crippen LogP contribution in [-0.4, -0.2) is 31.1 Å². The molecule has 3 aromatic carbocycles. The van der Waals surface area contributed by atoms with Crippen LogP contribution in [-0.2, 0) is 21.4 Å². The molecule has 0 aliphatic carbocycles. The molecule has 4 rings (SSSR count). The lowest BCUT2D eigenvalue weighted by Crippen LogP contribution is -2.42. The van der Waals surface area contributed by atoms with Crippen molar-refractivity contribution in [2.24, 2.45) is 0 Å². The first-order chi connectivity index (χ1) is 18.3. The fourth-order valence-corrected chi connectivity index (χ4v) is 4.68. The molecule has 1 aliphatic rings. The number of benzene rings is 3. The van der Waals surface area contributed by atoms with Crippen LogP contribution < -0.4 is 16.1 Å². The number of amides is 2. The van der Waals surface area contributed by atoms with Gasteiger partial charge in [-0.15, -0.1) is 0 Å². The van der Waals surface area contributed by atoms with Gasteiger partial charge >= 0.3 is 12.4 Å². The fourth-order valence-electron chi connectivity index (χ4n) is 4.19. The lowest BCUT2D eigenvalue weighted by Gasteiger charge is -2.29. The maximum absolute atomic E-state index is 14.4. The summed E-state index contributed by atoms with van der Waals surface area (Å²) in [5.74, 6) is -0.971. The van der Waals surface area contributed by atoms with E-state index in [-0.39, 0.29) is 27.8 Å². The minimum atomic E-state index is -5.15. The SMILES string of the molecule is CCNC(=O)CNC(=O)c1ccc(C2=CC(c3cc(Br)cc(C(F)(F)F)c3)(C(F)(F)F)ON2)c2ccccc12. The first kappa shape index (κ1) is 28.4. The van der Waals surface area contributed by atoms with Gasteiger partial charge in [-0.1, -0.05) is 46.3 Å². The van der Waals surface area contributed by atoms with Crippen LogP contribution in [0.3, 0.4) is 0 Å². The largest absolute Gasteiger partial charge is 0.428 e. The summed E-state index contributed by atoms with van der Waals surface area (Å²) in [6.45, 7) is 1.83. The van der Waals surface area contributed by atoms with Gasteiger partial charge in [0.1, 0.15) is 0 Å². The zero-order valence-electron chi connectivity index (χ0n) is 20.1. The Morgan fingerprint density at radius 3 is 2.31 bits per heavy atom. The third-order valence-corrected chi connectivity index (χ3v) is 6.44. The van der Waals surface area contributed by atoms with Crippen LogP contribution in [0, 0.1) is 0 Å². The Hall–Kier alpha value is -3.58. The van der Waals surface area contributed by atoms with E-state index >= 15 is 0 Å². The summed E-state index contributed by atoms with van der Waals surface area (Å²) in [6.07, 6.45) is -9.38. The van der Waals surface area contributed by atoms with Crippen molar-refractivity contribution in [1.82, 2.24) is 16.1 Å². The Labute approximate surface area is 226 Å². The molecule has 1 heterocycles. The van der Waals surface area contributed by atoms with Crippen molar-refractivity contribution in [3.63, 3.8) is 0 Å². The number of hydrogen-bond acceptors (Lipinski definition) is 4. The second kappa shape index (κ2) is 10.5. The number of nitrogens with one attached hydrogen (secondary N) is 3. The summed E-state index contributed by atoms with van der Waals surface area (Å²) in [5, 5.41) is 5.78. The van der Waals surface area contributed by atoms with Gasteiger partial charge in [-0.3, -0.25) is 19.9 Å². The highest BCUT2D eigenvalue weighted by Crippen LogP contribution is 2.49. The monoisotopic (exact) mass is 615 g/mol. The molecule has 0 fully saturated rings. The van der Waals surface area contributed by atoms with E-state index in [9.17, 15) is 35.9 Å². The Bertz CT molecular complexity index is 1470. The maximum atomic E-state index is 14.4. The van der Waals surface area contributed by atoms with E-state index in [0.29, 0.717) is 35.5 Å². The number of alkyl halides is 6. The molecule has 2 amide bonds. The van der Waals surface area contributed by atoms with E-state index < -0.39 is 40.9 Å². The Balaban J connectivity index is 1.80. The van der Waals surface area contributed by atoms with E-state index in [4.69, 9.17) is 4.84 Å². The number of likely N-dealkylation sites (N-methyl/N-ethyl adjacent to an activating group) is 1. The normalized spacial score (nSPS) is 17.5. The topological polar surface area (TPSA) is 79.5 Å². The predicted octanol–water partition coefficient (Wildman–Crippen LogP) is 5.82. The molecule has 6 nitrogen and oxygen atoms in total. The van der Waals surface area contributed by atoms with Gasteiger partial charge in [-0.25, -0.2) is 0 Å². The molecule has 0 bridgehead atoms. The summed E-state index contributed by atoms with van der Waals surface area (Å²) < 4.78 is 83.3. The summed E-state index contributed by atoms with van der Waals surface area (Å²) in [5.41, 5.74) is -2.86. The van der Waals surface area contributed by atoms with Gasteiger partial charge in [0.15, 0.2) is 0 Å². The molecule has 1 aliphatic heterocycles. The van der Waals surface area contributed by atoms with Crippen LogP contribution in [0.5, 0.6) is 0 Å². The molecule has 1 atom stereocenters. The lowest BCUT2D eigenvalue weighted by molar-refractivity contribution is -0.269. The average Bonchev–Trinajstić information content (AvgIpc) is 3.33. The molecule has 13 heteroatoms. The number of halogens is 7. The Morgan fingerprint density at radius 1 is 0.974 bits per heavy atom. The Morgan fingerprint density at radius 2 is 1.67 bits per heavy atom. The van der Waals surface area contributed by atoms with Gasteiger partial charge in [-0.2, -0.15) is 26.3 Å². The highest BCUT2D eigenvalue weighted by atomic mass is 79.9. The number of hydrogen-bond donors (Lipinski definition) is 3. The molecule has 0 saturated heterocycles. The molecular formula is C26H20BrF6N3O3. The van der Waals surface area contributed by atoms with E-state index in [2.05, 4.69) is 32.0 Å². The first-order valence-electron chi connectivity index (χ1n) is 11.5. The van der Waals surface area contributed by atoms with Crippen LogP contribution in [0.25, 0.3) is 16.5 Å². The van der Waals surface area contributed by atoms with Crippen LogP contribution >= 0.6 is 15.9 Å². The van der Waals surface area contributed by atoms with Gasteiger partial charge in [-0.05, 0) is 48.0 Å². The molecule has 3 aromatic rings. The van der Waals surface area contributed by atoms with E-state index in [0.717, 1.165) is 6.07 Å². The van der Waals surface area contributed by atoms with Crippen molar-refractivity contribution < 1.29 is 40.8 Å². The van der Waals surface area contributed by atoms with Crippen molar-refractivity contribution in [1.29, 1.82) is 0 Å². The third-order valence-electron chi connectivity index (χ3n) is 5.99. The predicted molar refractivity (Wildman–Crippen MR) is 134 cm³/mol. The van der Waals surface area contributed by atoms with Gasteiger partial charge in [0, 0.05) is 27.7 Å². The van der Waals surface area contributed by atoms with E-state index in [1.165, 1.54) is 12.1 Å². The summed E-state index contributed by atoms with van der Waals surface area (Å²) >= 11 is 2.86. The minimum Gasteiger partial charge on any atom is -0.355 e. The standard InChI is InChI=1S/C26H20BrF6N3O3/c1-2-34-22(37)13-35-23(38)20-8-7-19(17-5-3-4-6-18(17)20)21-12-24(39-36-21,26(31,32)33)14-9-15(25(28,29)30)11-16(27)10-14/h3-12,36H,2,13H2,1H3,(H,34,37)(H,35,38). The first-order valence-corrected chi connectivity index (χ1v) is 12.2. The van der Waals surface area contributed by atoms with Crippen molar-refractivity contribution in [3.05, 3.63) is 87.4 Å². The lowest BCUT2D eigenvalue weighted by atomic mass is 9.89. The molecule has 39 heavy (non-hydrogen) atoms. The van der Waals surface area contributed by atoms with Gasteiger partial charge < -0.3 is 10.6 Å². The average molecular weight is 616 g/mol. The molecule has 0 aromatic heterocycles. The van der Waals surface area contributed by atoms with E-state index in [1.807, 2.05) is 0 Å². The smallest absolute Gasteiger partial charge is 0.355 e. The van der Waals surface area contributed by atoms with Crippen molar-refractivity contribution >= 4 is 44.2 Å². The third kappa shape index (κ3) is 5.59. The molecule has 0 radical (unpaired) electrons. The second-order valence-corrected chi connectivity index (χ2v) is 9.48. The van der Waals surface area contributed by atoms with Crippen molar-refractivity contribution in [2.45, 2.75) is 24.9 Å². The highest BCUT2D eigenvalue weighted by Gasteiger charge is 2.60. The fraction of sp³-hybridized carbons (Fsp3) is 0.231. The highest BCUT2D eigenvalue weighted by molar-refractivity contribution is 9.10.